The summed E-state index contributed by atoms with van der Waals surface area (Å²) < 4.78 is 22.9. The minimum atomic E-state index is -1.30. The Morgan fingerprint density at radius 1 is 1.32 bits per heavy atom. The highest BCUT2D eigenvalue weighted by Gasteiger charge is 2.54. The molecule has 0 aromatic carbocycles. The summed E-state index contributed by atoms with van der Waals surface area (Å²) in [6.07, 6.45) is -3.08. The van der Waals surface area contributed by atoms with Crippen LogP contribution in [0, 0.1) is 0 Å². The van der Waals surface area contributed by atoms with Crippen LogP contribution in [0.5, 0.6) is 0 Å². The molecule has 12 nitrogen and oxygen atoms in total. The molecule has 2 aliphatic heterocycles. The zero-order chi connectivity index (χ0) is 22.0. The van der Waals surface area contributed by atoms with Crippen molar-refractivity contribution < 1.29 is 34.0 Å². The monoisotopic (exact) mass is 437 g/mol. The molecule has 2 aromatic heterocycles. The predicted molar refractivity (Wildman–Crippen MR) is 106 cm³/mol. The van der Waals surface area contributed by atoms with E-state index in [2.05, 4.69) is 15.0 Å². The molecule has 4 rings (SSSR count). The molecular formula is C19H27N5O7. The molecule has 4 atom stereocenters. The van der Waals surface area contributed by atoms with Gasteiger partial charge in [0.2, 0.25) is 0 Å². The van der Waals surface area contributed by atoms with Gasteiger partial charge in [-0.2, -0.15) is 5.10 Å². The fraction of sp³-hybridized carbons (Fsp3) is 0.632. The van der Waals surface area contributed by atoms with Gasteiger partial charge in [-0.25, -0.2) is 14.3 Å². The second-order valence-electron chi connectivity index (χ2n) is 7.72. The van der Waals surface area contributed by atoms with Crippen LogP contribution in [-0.2, 0) is 24.5 Å². The SMILES string of the molecule is C[C@@]1(c2ccc3c(N)ncnn23)O[C@H](COC(=O)OCCN2CCOCC2)[C@@H](O)[C@H]1O. The molecule has 0 unspecified atom stereocenters. The van der Waals surface area contributed by atoms with Crippen LogP contribution < -0.4 is 5.73 Å². The predicted octanol–water partition coefficient (Wildman–Crippen LogP) is -0.867. The van der Waals surface area contributed by atoms with E-state index < -0.39 is 30.1 Å². The second kappa shape index (κ2) is 8.93. The molecule has 2 aliphatic rings. The summed E-state index contributed by atoms with van der Waals surface area (Å²) in [7, 11) is 0. The summed E-state index contributed by atoms with van der Waals surface area (Å²) in [5.74, 6) is 0.276. The van der Waals surface area contributed by atoms with E-state index >= 15 is 0 Å². The Balaban J connectivity index is 1.34. The van der Waals surface area contributed by atoms with Gasteiger partial charge in [0.25, 0.3) is 0 Å². The third-order valence-corrected chi connectivity index (χ3v) is 5.75. The molecule has 12 heteroatoms. The molecular weight excluding hydrogens is 410 g/mol. The number of anilines is 1. The Morgan fingerprint density at radius 3 is 2.87 bits per heavy atom. The largest absolute Gasteiger partial charge is 0.508 e. The van der Waals surface area contributed by atoms with Gasteiger partial charge in [-0.1, -0.05) is 0 Å². The lowest BCUT2D eigenvalue weighted by Gasteiger charge is -2.27. The highest BCUT2D eigenvalue weighted by Crippen LogP contribution is 2.40. The fourth-order valence-electron chi connectivity index (χ4n) is 3.93. The fourth-order valence-corrected chi connectivity index (χ4v) is 3.93. The lowest BCUT2D eigenvalue weighted by molar-refractivity contribution is -0.0940. The van der Waals surface area contributed by atoms with E-state index in [1.54, 1.807) is 19.1 Å². The first kappa shape index (κ1) is 21.7. The first-order valence-electron chi connectivity index (χ1n) is 10.1. The van der Waals surface area contributed by atoms with E-state index in [-0.39, 0.29) is 19.0 Å². The minimum Gasteiger partial charge on any atom is -0.433 e. The van der Waals surface area contributed by atoms with Crippen LogP contribution in [0.4, 0.5) is 10.6 Å². The number of rotatable bonds is 6. The van der Waals surface area contributed by atoms with E-state index in [0.717, 1.165) is 13.1 Å². The number of aliphatic hydroxyl groups is 2. The van der Waals surface area contributed by atoms with Crippen molar-refractivity contribution in [3.63, 3.8) is 0 Å². The molecule has 31 heavy (non-hydrogen) atoms. The van der Waals surface area contributed by atoms with Crippen LogP contribution >= 0.6 is 0 Å². The summed E-state index contributed by atoms with van der Waals surface area (Å²) in [4.78, 5) is 18.0. The van der Waals surface area contributed by atoms with Gasteiger partial charge >= 0.3 is 6.16 Å². The average molecular weight is 437 g/mol. The van der Waals surface area contributed by atoms with Crippen molar-refractivity contribution >= 4 is 17.5 Å². The van der Waals surface area contributed by atoms with Gasteiger partial charge in [-0.05, 0) is 19.1 Å². The lowest BCUT2D eigenvalue weighted by atomic mass is 9.93. The van der Waals surface area contributed by atoms with Crippen LogP contribution in [0.3, 0.4) is 0 Å². The molecule has 0 aliphatic carbocycles. The number of carbonyl (C=O) groups excluding carboxylic acids is 1. The number of aliphatic hydroxyl groups excluding tert-OH is 2. The van der Waals surface area contributed by atoms with Gasteiger partial charge in [0.15, 0.2) is 5.82 Å². The summed E-state index contributed by atoms with van der Waals surface area (Å²) in [6.45, 7) is 5.04. The summed E-state index contributed by atoms with van der Waals surface area (Å²) in [5, 5.41) is 25.3. The Hall–Kier alpha value is -2.51. The highest BCUT2D eigenvalue weighted by atomic mass is 16.7. The normalized spacial score (nSPS) is 29.3. The topological polar surface area (TPSA) is 154 Å². The number of aromatic nitrogens is 3. The third kappa shape index (κ3) is 4.29. The van der Waals surface area contributed by atoms with Crippen LogP contribution in [0.25, 0.3) is 5.52 Å². The van der Waals surface area contributed by atoms with Crippen LogP contribution in [0.2, 0.25) is 0 Å². The first-order valence-corrected chi connectivity index (χ1v) is 10.1. The van der Waals surface area contributed by atoms with E-state index in [9.17, 15) is 15.0 Å². The van der Waals surface area contributed by atoms with E-state index in [4.69, 9.17) is 24.7 Å². The van der Waals surface area contributed by atoms with Crippen molar-refractivity contribution in [2.24, 2.45) is 0 Å². The molecule has 2 fully saturated rings. The number of carbonyl (C=O) groups is 1. The molecule has 170 valence electrons. The Bertz CT molecular complexity index is 918. The molecule has 2 aromatic rings. The number of hydrogen-bond acceptors (Lipinski definition) is 11. The Morgan fingerprint density at radius 2 is 2.10 bits per heavy atom. The zero-order valence-corrected chi connectivity index (χ0v) is 17.2. The Labute approximate surface area is 178 Å². The van der Waals surface area contributed by atoms with Crippen LogP contribution in [0.15, 0.2) is 18.5 Å². The number of fused-ring (bicyclic) bond motifs is 1. The average Bonchev–Trinajstić information content (AvgIpc) is 3.30. The van der Waals surface area contributed by atoms with Crippen molar-refractivity contribution in [2.45, 2.75) is 30.8 Å². The molecule has 0 bridgehead atoms. The maximum Gasteiger partial charge on any atom is 0.508 e. The van der Waals surface area contributed by atoms with Crippen molar-refractivity contribution in [1.82, 2.24) is 19.5 Å². The summed E-state index contributed by atoms with van der Waals surface area (Å²) >= 11 is 0. The number of morpholine rings is 1. The molecule has 4 heterocycles. The van der Waals surface area contributed by atoms with Crippen molar-refractivity contribution in [2.75, 3.05) is 51.8 Å². The van der Waals surface area contributed by atoms with Crippen LogP contribution in [0.1, 0.15) is 12.6 Å². The molecule has 0 spiro atoms. The second-order valence-corrected chi connectivity index (χ2v) is 7.72. The van der Waals surface area contributed by atoms with Gasteiger partial charge in [0.1, 0.15) is 49.0 Å². The Kier molecular flexibility index (Phi) is 6.25. The molecule has 0 amide bonds. The van der Waals surface area contributed by atoms with E-state index in [0.29, 0.717) is 31.0 Å². The van der Waals surface area contributed by atoms with Crippen molar-refractivity contribution in [3.05, 3.63) is 24.2 Å². The van der Waals surface area contributed by atoms with Crippen molar-refractivity contribution in [3.8, 4) is 0 Å². The maximum absolute atomic E-state index is 11.9. The standard InChI is InChI=1S/C19H27N5O7/c1-19(14-3-2-12-17(20)21-11-22-24(12)14)16(26)15(25)13(31-19)10-30-18(27)29-9-6-23-4-7-28-8-5-23/h2-3,11,13,15-16,25-26H,4-10H2,1H3,(H2,20,21,22)/t13-,15-,16-,19+/m1/s1. The van der Waals surface area contributed by atoms with Gasteiger partial charge < -0.3 is 34.9 Å². The number of nitrogens with zero attached hydrogens (tertiary/aromatic N) is 4. The molecule has 0 radical (unpaired) electrons. The molecule has 4 N–H and O–H groups in total. The van der Waals surface area contributed by atoms with Crippen LogP contribution in [-0.4, -0.2) is 100 Å². The van der Waals surface area contributed by atoms with Crippen molar-refractivity contribution in [1.29, 1.82) is 0 Å². The molecule has 0 saturated carbocycles. The highest BCUT2D eigenvalue weighted by molar-refractivity contribution is 5.65. The van der Waals surface area contributed by atoms with Gasteiger partial charge in [-0.15, -0.1) is 0 Å². The minimum absolute atomic E-state index is 0.185. The zero-order valence-electron chi connectivity index (χ0n) is 17.2. The van der Waals surface area contributed by atoms with Gasteiger partial charge in [-0.3, -0.25) is 4.90 Å². The number of hydrogen-bond donors (Lipinski definition) is 3. The van der Waals surface area contributed by atoms with Gasteiger partial charge in [0, 0.05) is 19.6 Å². The first-order chi connectivity index (χ1) is 14.9. The van der Waals surface area contributed by atoms with E-state index in [1.807, 2.05) is 0 Å². The smallest absolute Gasteiger partial charge is 0.433 e. The maximum atomic E-state index is 11.9. The molecule has 2 saturated heterocycles. The quantitative estimate of drug-likeness (QED) is 0.483. The number of ether oxygens (including phenoxy) is 4. The third-order valence-electron chi connectivity index (χ3n) is 5.75. The van der Waals surface area contributed by atoms with E-state index in [1.165, 1.54) is 10.8 Å². The lowest BCUT2D eigenvalue weighted by Crippen LogP contribution is -2.39. The number of nitrogen functional groups attached to an aromatic ring is 1. The van der Waals surface area contributed by atoms with Gasteiger partial charge in [0.05, 0.1) is 18.9 Å². The number of nitrogens with two attached hydrogens (primary N) is 1. The summed E-state index contributed by atoms with van der Waals surface area (Å²) in [5.41, 5.74) is 5.59. The summed E-state index contributed by atoms with van der Waals surface area (Å²) in [6, 6.07) is 3.40.